The van der Waals surface area contributed by atoms with Gasteiger partial charge in [-0.2, -0.15) is 0 Å². The molecule has 1 fully saturated rings. The van der Waals surface area contributed by atoms with Gasteiger partial charge in [-0.05, 0) is 50.5 Å². The van der Waals surface area contributed by atoms with Crippen molar-refractivity contribution in [2.45, 2.75) is 38.8 Å². The van der Waals surface area contributed by atoms with Gasteiger partial charge in [0.15, 0.2) is 11.6 Å². The molecule has 1 N–H and O–H groups in total. The van der Waals surface area contributed by atoms with Crippen LogP contribution in [-0.4, -0.2) is 37.9 Å². The van der Waals surface area contributed by atoms with Crippen molar-refractivity contribution in [3.8, 4) is 11.4 Å². The molecule has 7 nitrogen and oxygen atoms in total. The lowest BCUT2D eigenvalue weighted by Gasteiger charge is -2.27. The van der Waals surface area contributed by atoms with E-state index in [-0.39, 0.29) is 18.0 Å². The molecule has 1 amide bonds. The van der Waals surface area contributed by atoms with Crippen LogP contribution in [0.1, 0.15) is 25.3 Å². The molecule has 1 aliphatic rings. The van der Waals surface area contributed by atoms with Crippen molar-refractivity contribution in [1.82, 2.24) is 19.9 Å². The largest absolute Gasteiger partial charge is 0.326 e. The number of benzene rings is 1. The van der Waals surface area contributed by atoms with Gasteiger partial charge in [-0.25, -0.2) is 24.3 Å². The molecule has 0 spiro atoms. The highest BCUT2D eigenvalue weighted by molar-refractivity contribution is 5.97. The number of aryl methyl sites for hydroxylation is 1. The van der Waals surface area contributed by atoms with Crippen LogP contribution in [0.25, 0.3) is 11.4 Å². The molecular weight excluding hydrogens is 371 g/mol. The fourth-order valence-corrected chi connectivity index (χ4v) is 3.62. The molecule has 1 aromatic carbocycles. The molecule has 3 aromatic rings. The van der Waals surface area contributed by atoms with Gasteiger partial charge < -0.3 is 10.2 Å². The Balaban J connectivity index is 1.57. The Hall–Kier alpha value is -3.42. The second kappa shape index (κ2) is 7.90. The summed E-state index contributed by atoms with van der Waals surface area (Å²) in [5, 5.41) is 2.99. The first-order valence-corrected chi connectivity index (χ1v) is 9.47. The predicted octanol–water partition coefficient (Wildman–Crippen LogP) is 3.38. The van der Waals surface area contributed by atoms with Crippen molar-refractivity contribution < 1.29 is 9.18 Å². The van der Waals surface area contributed by atoms with Gasteiger partial charge in [-0.3, -0.25) is 4.79 Å². The van der Waals surface area contributed by atoms with Crippen LogP contribution < -0.4 is 10.2 Å². The molecule has 2 atom stereocenters. The van der Waals surface area contributed by atoms with E-state index in [9.17, 15) is 9.18 Å². The summed E-state index contributed by atoms with van der Waals surface area (Å²) in [6.45, 7) is 3.99. The van der Waals surface area contributed by atoms with Crippen LogP contribution in [0.15, 0.2) is 49.1 Å². The molecule has 0 aliphatic carbocycles. The van der Waals surface area contributed by atoms with Crippen LogP contribution in [0.4, 0.5) is 16.0 Å². The van der Waals surface area contributed by atoms with E-state index in [0.29, 0.717) is 17.5 Å². The van der Waals surface area contributed by atoms with Gasteiger partial charge in [0.1, 0.15) is 6.04 Å². The van der Waals surface area contributed by atoms with Gasteiger partial charge in [0.2, 0.25) is 11.9 Å². The molecular formula is C21H21FN6O. The number of nitrogens with zero attached hydrogens (tertiary/aromatic N) is 5. The minimum atomic E-state index is -0.491. The molecule has 4 rings (SSSR count). The topological polar surface area (TPSA) is 83.9 Å². The third kappa shape index (κ3) is 3.91. The van der Waals surface area contributed by atoms with Crippen LogP contribution in [0, 0.1) is 12.7 Å². The molecule has 1 aliphatic heterocycles. The zero-order chi connectivity index (χ0) is 20.4. The minimum Gasteiger partial charge on any atom is -0.326 e. The summed E-state index contributed by atoms with van der Waals surface area (Å²) in [6, 6.07) is 7.11. The van der Waals surface area contributed by atoms with E-state index in [1.165, 1.54) is 0 Å². The molecule has 148 valence electrons. The first-order chi connectivity index (χ1) is 14.0. The molecule has 0 unspecified atom stereocenters. The number of hydrogen-bond donors (Lipinski definition) is 1. The highest BCUT2D eigenvalue weighted by atomic mass is 19.1. The zero-order valence-corrected chi connectivity index (χ0v) is 16.2. The number of nitrogens with one attached hydrogen (secondary N) is 1. The fourth-order valence-electron chi connectivity index (χ4n) is 3.62. The first-order valence-electron chi connectivity index (χ1n) is 9.47. The third-order valence-electron chi connectivity index (χ3n) is 5.12. The molecule has 0 bridgehead atoms. The second-order valence-corrected chi connectivity index (χ2v) is 7.14. The SMILES string of the molecule is Cc1ccc(NC(=O)[C@@H]2CC[C@H](C)N2c2ncccn2)cc1-c1ncc(F)cn1. The Kier molecular flexibility index (Phi) is 5.16. The number of anilines is 2. The van der Waals surface area contributed by atoms with Crippen LogP contribution in [-0.2, 0) is 4.79 Å². The maximum absolute atomic E-state index is 13.1. The molecule has 1 saturated heterocycles. The van der Waals surface area contributed by atoms with E-state index in [0.717, 1.165) is 36.4 Å². The standard InChI is InChI=1S/C21H21FN6O/c1-13-4-6-16(10-17(13)19-25-11-15(22)12-26-19)27-20(29)18-7-5-14(2)28(18)21-23-8-3-9-24-21/h3-4,6,8-12,14,18H,5,7H2,1-2H3,(H,27,29)/t14-,18-/m0/s1. The molecule has 0 radical (unpaired) electrons. The summed E-state index contributed by atoms with van der Waals surface area (Å²) in [4.78, 5) is 31.7. The summed E-state index contributed by atoms with van der Waals surface area (Å²) >= 11 is 0. The Morgan fingerprint density at radius 2 is 1.86 bits per heavy atom. The molecule has 29 heavy (non-hydrogen) atoms. The van der Waals surface area contributed by atoms with Gasteiger partial charge in [-0.1, -0.05) is 6.07 Å². The van der Waals surface area contributed by atoms with Gasteiger partial charge >= 0.3 is 0 Å². The average molecular weight is 392 g/mol. The highest BCUT2D eigenvalue weighted by Crippen LogP contribution is 2.29. The van der Waals surface area contributed by atoms with Crippen molar-refractivity contribution in [2.75, 3.05) is 10.2 Å². The molecule has 3 heterocycles. The number of aromatic nitrogens is 4. The minimum absolute atomic E-state index is 0.114. The molecule has 8 heteroatoms. The third-order valence-corrected chi connectivity index (χ3v) is 5.12. The van der Waals surface area contributed by atoms with Crippen LogP contribution in [0.2, 0.25) is 0 Å². The predicted molar refractivity (Wildman–Crippen MR) is 108 cm³/mol. The number of carbonyl (C=O) groups is 1. The van der Waals surface area contributed by atoms with Gasteiger partial charge in [0, 0.05) is 29.7 Å². The van der Waals surface area contributed by atoms with E-state index < -0.39 is 5.82 Å². The van der Waals surface area contributed by atoms with Crippen molar-refractivity contribution >= 4 is 17.5 Å². The van der Waals surface area contributed by atoms with Crippen molar-refractivity contribution in [1.29, 1.82) is 0 Å². The number of rotatable bonds is 4. The Morgan fingerprint density at radius 3 is 2.59 bits per heavy atom. The summed E-state index contributed by atoms with van der Waals surface area (Å²) in [5.74, 6) is 0.363. The fraction of sp³-hybridized carbons (Fsp3) is 0.286. The van der Waals surface area contributed by atoms with E-state index >= 15 is 0 Å². The quantitative estimate of drug-likeness (QED) is 0.733. The van der Waals surface area contributed by atoms with Gasteiger partial charge in [-0.15, -0.1) is 0 Å². The highest BCUT2D eigenvalue weighted by Gasteiger charge is 2.37. The zero-order valence-electron chi connectivity index (χ0n) is 16.2. The summed E-state index contributed by atoms with van der Waals surface area (Å²) < 4.78 is 13.1. The van der Waals surface area contributed by atoms with Gasteiger partial charge in [0.05, 0.1) is 12.4 Å². The number of carbonyl (C=O) groups excluding carboxylic acids is 1. The van der Waals surface area contributed by atoms with Crippen molar-refractivity contribution in [3.63, 3.8) is 0 Å². The lowest BCUT2D eigenvalue weighted by atomic mass is 10.1. The van der Waals surface area contributed by atoms with Crippen LogP contribution in [0.5, 0.6) is 0 Å². The summed E-state index contributed by atoms with van der Waals surface area (Å²) in [5.41, 5.74) is 2.31. The smallest absolute Gasteiger partial charge is 0.247 e. The Labute approximate surface area is 168 Å². The first kappa shape index (κ1) is 18.9. The maximum atomic E-state index is 13.1. The monoisotopic (exact) mass is 392 g/mol. The Morgan fingerprint density at radius 1 is 1.14 bits per heavy atom. The van der Waals surface area contributed by atoms with E-state index in [4.69, 9.17) is 0 Å². The van der Waals surface area contributed by atoms with Gasteiger partial charge in [0.25, 0.3) is 0 Å². The lowest BCUT2D eigenvalue weighted by Crippen LogP contribution is -2.43. The van der Waals surface area contributed by atoms with E-state index in [1.54, 1.807) is 18.5 Å². The van der Waals surface area contributed by atoms with Crippen LogP contribution in [0.3, 0.4) is 0 Å². The van der Waals surface area contributed by atoms with Crippen molar-refractivity contribution in [2.24, 2.45) is 0 Å². The number of amides is 1. The average Bonchev–Trinajstić information content (AvgIpc) is 3.12. The summed E-state index contributed by atoms with van der Waals surface area (Å²) in [7, 11) is 0. The molecule has 2 aromatic heterocycles. The normalized spacial score (nSPS) is 18.7. The number of hydrogen-bond acceptors (Lipinski definition) is 6. The second-order valence-electron chi connectivity index (χ2n) is 7.14. The molecule has 0 saturated carbocycles. The summed E-state index contributed by atoms with van der Waals surface area (Å²) in [6.07, 6.45) is 7.23. The van der Waals surface area contributed by atoms with Crippen molar-refractivity contribution in [3.05, 3.63) is 60.4 Å². The van der Waals surface area contributed by atoms with E-state index in [2.05, 4.69) is 32.2 Å². The lowest BCUT2D eigenvalue weighted by molar-refractivity contribution is -0.117. The number of halogens is 1. The maximum Gasteiger partial charge on any atom is 0.247 e. The van der Waals surface area contributed by atoms with E-state index in [1.807, 2.05) is 30.0 Å². The van der Waals surface area contributed by atoms with Crippen LogP contribution >= 0.6 is 0 Å². The Bertz CT molecular complexity index is 1010.